The first kappa shape index (κ1) is 14.5. The molecular weight excluding hydrogens is 284 g/mol. The monoisotopic (exact) mass is 304 g/mol. The van der Waals surface area contributed by atoms with E-state index in [9.17, 15) is 8.42 Å². The van der Waals surface area contributed by atoms with Gasteiger partial charge in [-0.25, -0.2) is 8.42 Å². The van der Waals surface area contributed by atoms with Gasteiger partial charge >= 0.3 is 0 Å². The number of hydrogen-bond donors (Lipinski definition) is 0. The fraction of sp³-hybridized carbons (Fsp3) is 0.438. The van der Waals surface area contributed by atoms with Crippen LogP contribution < -0.4 is 0 Å². The Balaban J connectivity index is 2.15. The number of pyridine rings is 1. The van der Waals surface area contributed by atoms with E-state index in [4.69, 9.17) is 0 Å². The molecule has 3 rings (SSSR count). The van der Waals surface area contributed by atoms with Gasteiger partial charge in [0, 0.05) is 24.2 Å². The molecule has 0 bridgehead atoms. The van der Waals surface area contributed by atoms with Crippen LogP contribution in [0.2, 0.25) is 0 Å². The van der Waals surface area contributed by atoms with Gasteiger partial charge in [0.05, 0.1) is 5.52 Å². The molecule has 1 aliphatic heterocycles. The number of piperidine rings is 1. The summed E-state index contributed by atoms with van der Waals surface area (Å²) in [7, 11) is -3.48. The van der Waals surface area contributed by atoms with Crippen molar-refractivity contribution in [3.05, 3.63) is 36.0 Å². The first-order chi connectivity index (χ1) is 10.00. The number of sulfonamides is 1. The fourth-order valence-electron chi connectivity index (χ4n) is 3.01. The molecule has 0 aliphatic carbocycles. The van der Waals surface area contributed by atoms with Crippen molar-refractivity contribution in [2.24, 2.45) is 0 Å². The highest BCUT2D eigenvalue weighted by atomic mass is 32.2. The van der Waals surface area contributed by atoms with Crippen molar-refractivity contribution in [1.82, 2.24) is 9.29 Å². The molecule has 1 fully saturated rings. The maximum Gasteiger partial charge on any atom is 0.245 e. The van der Waals surface area contributed by atoms with E-state index in [1.807, 2.05) is 26.0 Å². The Morgan fingerprint density at radius 1 is 1.29 bits per heavy atom. The second-order valence-corrected chi connectivity index (χ2v) is 7.66. The summed E-state index contributed by atoms with van der Waals surface area (Å²) in [4.78, 5) is 4.69. The second-order valence-electron chi connectivity index (χ2n) is 5.80. The molecule has 0 spiro atoms. The summed E-state index contributed by atoms with van der Waals surface area (Å²) < 4.78 is 27.6. The Bertz CT molecular complexity index is 771. The summed E-state index contributed by atoms with van der Waals surface area (Å²) in [6, 6.07) is 7.41. The van der Waals surface area contributed by atoms with E-state index in [1.165, 1.54) is 0 Å². The van der Waals surface area contributed by atoms with Gasteiger partial charge < -0.3 is 0 Å². The number of aryl methyl sites for hydroxylation is 1. The number of aromatic nitrogens is 1. The van der Waals surface area contributed by atoms with E-state index < -0.39 is 10.0 Å². The van der Waals surface area contributed by atoms with Crippen LogP contribution in [-0.4, -0.2) is 30.3 Å². The van der Waals surface area contributed by atoms with Crippen molar-refractivity contribution >= 4 is 20.9 Å². The summed E-state index contributed by atoms with van der Waals surface area (Å²) >= 11 is 0. The SMILES string of the molecule is Cc1cnc2c(S(=O)(=O)N3CCCCC3C)cccc2c1. The van der Waals surface area contributed by atoms with Crippen molar-refractivity contribution in [3.63, 3.8) is 0 Å². The molecular formula is C16H20N2O2S. The molecule has 0 amide bonds. The fourth-order valence-corrected chi connectivity index (χ4v) is 4.87. The molecule has 1 atom stereocenters. The van der Waals surface area contributed by atoms with E-state index in [2.05, 4.69) is 4.98 Å². The van der Waals surface area contributed by atoms with Gasteiger partial charge in [-0.2, -0.15) is 4.31 Å². The normalized spacial score (nSPS) is 20.8. The lowest BCUT2D eigenvalue weighted by Gasteiger charge is -2.32. The smallest absolute Gasteiger partial charge is 0.245 e. The molecule has 112 valence electrons. The minimum absolute atomic E-state index is 0.0597. The molecule has 1 saturated heterocycles. The zero-order chi connectivity index (χ0) is 15.0. The summed E-state index contributed by atoms with van der Waals surface area (Å²) in [5, 5.41) is 0.876. The zero-order valence-corrected chi connectivity index (χ0v) is 13.2. The van der Waals surface area contributed by atoms with Gasteiger partial charge in [0.1, 0.15) is 4.90 Å². The molecule has 0 N–H and O–H groups in total. The van der Waals surface area contributed by atoms with E-state index >= 15 is 0 Å². The Labute approximate surface area is 125 Å². The van der Waals surface area contributed by atoms with E-state index in [-0.39, 0.29) is 6.04 Å². The predicted octanol–water partition coefficient (Wildman–Crippen LogP) is 3.11. The topological polar surface area (TPSA) is 50.3 Å². The number of hydrogen-bond acceptors (Lipinski definition) is 3. The third kappa shape index (κ3) is 2.56. The largest absolute Gasteiger partial charge is 0.255 e. The van der Waals surface area contributed by atoms with Crippen LogP contribution in [0.4, 0.5) is 0 Å². The Morgan fingerprint density at radius 3 is 2.86 bits per heavy atom. The highest BCUT2D eigenvalue weighted by Gasteiger charge is 2.32. The van der Waals surface area contributed by atoms with Crippen LogP contribution in [-0.2, 0) is 10.0 Å². The highest BCUT2D eigenvalue weighted by Crippen LogP contribution is 2.29. The number of fused-ring (bicyclic) bond motifs is 1. The quantitative estimate of drug-likeness (QED) is 0.856. The minimum atomic E-state index is -3.48. The van der Waals surface area contributed by atoms with Crippen LogP contribution in [0.3, 0.4) is 0 Å². The molecule has 2 aromatic rings. The van der Waals surface area contributed by atoms with Gasteiger partial charge in [0.2, 0.25) is 10.0 Å². The Morgan fingerprint density at radius 2 is 2.10 bits per heavy atom. The molecule has 1 aromatic heterocycles. The summed E-state index contributed by atoms with van der Waals surface area (Å²) in [6.45, 7) is 4.55. The average molecular weight is 304 g/mol. The number of para-hydroxylation sites is 1. The Kier molecular flexibility index (Phi) is 3.71. The van der Waals surface area contributed by atoms with Gasteiger partial charge in [0.15, 0.2) is 0 Å². The third-order valence-electron chi connectivity index (χ3n) is 4.14. The minimum Gasteiger partial charge on any atom is -0.255 e. The van der Waals surface area contributed by atoms with Crippen LogP contribution in [0.15, 0.2) is 35.4 Å². The van der Waals surface area contributed by atoms with Gasteiger partial charge in [0.25, 0.3) is 0 Å². The first-order valence-electron chi connectivity index (χ1n) is 7.37. The van der Waals surface area contributed by atoms with Crippen molar-refractivity contribution in [1.29, 1.82) is 0 Å². The van der Waals surface area contributed by atoms with E-state index in [0.29, 0.717) is 17.0 Å². The molecule has 1 aromatic carbocycles. The van der Waals surface area contributed by atoms with Gasteiger partial charge in [-0.05, 0) is 44.4 Å². The lowest BCUT2D eigenvalue weighted by Crippen LogP contribution is -2.42. The molecule has 1 aliphatic rings. The molecule has 4 nitrogen and oxygen atoms in total. The van der Waals surface area contributed by atoms with Gasteiger partial charge in [-0.1, -0.05) is 18.6 Å². The Hall–Kier alpha value is -1.46. The average Bonchev–Trinajstić information content (AvgIpc) is 2.46. The zero-order valence-electron chi connectivity index (χ0n) is 12.4. The van der Waals surface area contributed by atoms with Crippen molar-refractivity contribution < 1.29 is 8.42 Å². The molecule has 0 radical (unpaired) electrons. The van der Waals surface area contributed by atoms with Gasteiger partial charge in [-0.15, -0.1) is 0 Å². The van der Waals surface area contributed by atoms with Crippen LogP contribution in [0, 0.1) is 6.92 Å². The van der Waals surface area contributed by atoms with Crippen LogP contribution in [0.5, 0.6) is 0 Å². The predicted molar refractivity (Wildman–Crippen MR) is 83.7 cm³/mol. The maximum absolute atomic E-state index is 13.0. The summed E-state index contributed by atoms with van der Waals surface area (Å²) in [6.07, 6.45) is 4.68. The van der Waals surface area contributed by atoms with E-state index in [1.54, 1.807) is 22.6 Å². The lowest BCUT2D eigenvalue weighted by atomic mass is 10.1. The first-order valence-corrected chi connectivity index (χ1v) is 8.81. The van der Waals surface area contributed by atoms with Crippen molar-refractivity contribution in [2.45, 2.75) is 44.0 Å². The van der Waals surface area contributed by atoms with Crippen LogP contribution in [0.25, 0.3) is 10.9 Å². The van der Waals surface area contributed by atoms with Crippen molar-refractivity contribution in [2.75, 3.05) is 6.54 Å². The van der Waals surface area contributed by atoms with E-state index in [0.717, 1.165) is 30.2 Å². The van der Waals surface area contributed by atoms with Crippen molar-refractivity contribution in [3.8, 4) is 0 Å². The second kappa shape index (κ2) is 5.39. The maximum atomic E-state index is 13.0. The molecule has 0 saturated carbocycles. The third-order valence-corrected chi connectivity index (χ3v) is 6.18. The molecule has 21 heavy (non-hydrogen) atoms. The number of nitrogens with zero attached hydrogens (tertiary/aromatic N) is 2. The van der Waals surface area contributed by atoms with Crippen LogP contribution >= 0.6 is 0 Å². The number of benzene rings is 1. The number of rotatable bonds is 2. The summed E-state index contributed by atoms with van der Waals surface area (Å²) in [5.74, 6) is 0. The molecule has 5 heteroatoms. The van der Waals surface area contributed by atoms with Gasteiger partial charge in [-0.3, -0.25) is 4.98 Å². The lowest BCUT2D eigenvalue weighted by molar-refractivity contribution is 0.269. The highest BCUT2D eigenvalue weighted by molar-refractivity contribution is 7.89. The molecule has 1 unspecified atom stereocenters. The summed E-state index contributed by atoms with van der Waals surface area (Å²) in [5.41, 5.74) is 1.60. The van der Waals surface area contributed by atoms with Crippen LogP contribution in [0.1, 0.15) is 31.7 Å². The standard InChI is InChI=1S/C16H20N2O2S/c1-12-10-14-7-5-8-15(16(14)17-11-12)21(19,20)18-9-4-3-6-13(18)2/h5,7-8,10-11,13H,3-4,6,9H2,1-2H3. The molecule has 2 heterocycles.